The standard InChI is InChI=1S/C11H7NO4/c13-10(14)7-2-1-6-3-4-12-9(11(15)16)8(6)5-7/h1-5H,(H,13,14)(H,15,16). The van der Waals surface area contributed by atoms with Gasteiger partial charge in [-0.1, -0.05) is 6.07 Å². The summed E-state index contributed by atoms with van der Waals surface area (Å²) in [6.07, 6.45) is 1.38. The van der Waals surface area contributed by atoms with Crippen molar-refractivity contribution in [2.24, 2.45) is 0 Å². The highest BCUT2D eigenvalue weighted by Crippen LogP contribution is 2.18. The molecule has 0 saturated heterocycles. The van der Waals surface area contributed by atoms with Crippen LogP contribution in [0.25, 0.3) is 10.8 Å². The summed E-state index contributed by atoms with van der Waals surface area (Å²) in [7, 11) is 0. The molecular formula is C11H7NO4. The van der Waals surface area contributed by atoms with Crippen molar-refractivity contribution in [1.82, 2.24) is 4.98 Å². The third-order valence-corrected chi connectivity index (χ3v) is 2.22. The molecule has 0 spiro atoms. The van der Waals surface area contributed by atoms with Gasteiger partial charge in [-0.3, -0.25) is 0 Å². The molecule has 2 aromatic rings. The average molecular weight is 217 g/mol. The maximum Gasteiger partial charge on any atom is 0.355 e. The van der Waals surface area contributed by atoms with E-state index in [0.29, 0.717) is 10.8 Å². The van der Waals surface area contributed by atoms with E-state index in [1.54, 1.807) is 12.1 Å². The minimum absolute atomic E-state index is 0.0444. The molecule has 1 aromatic heterocycles. The zero-order valence-electron chi connectivity index (χ0n) is 8.04. The van der Waals surface area contributed by atoms with Crippen LogP contribution < -0.4 is 0 Å². The summed E-state index contributed by atoms with van der Waals surface area (Å²) < 4.78 is 0. The number of hydrogen-bond acceptors (Lipinski definition) is 3. The van der Waals surface area contributed by atoms with Gasteiger partial charge >= 0.3 is 11.9 Å². The molecular weight excluding hydrogens is 210 g/mol. The molecule has 0 amide bonds. The number of rotatable bonds is 2. The van der Waals surface area contributed by atoms with E-state index in [4.69, 9.17) is 10.2 Å². The summed E-state index contributed by atoms with van der Waals surface area (Å²) in [6, 6.07) is 5.94. The second-order valence-corrected chi connectivity index (χ2v) is 3.21. The molecule has 2 rings (SSSR count). The van der Waals surface area contributed by atoms with Crippen molar-refractivity contribution in [3.05, 3.63) is 41.7 Å². The highest BCUT2D eigenvalue weighted by atomic mass is 16.4. The van der Waals surface area contributed by atoms with Crippen LogP contribution in [0.2, 0.25) is 0 Å². The Morgan fingerprint density at radius 3 is 2.44 bits per heavy atom. The van der Waals surface area contributed by atoms with E-state index < -0.39 is 11.9 Å². The van der Waals surface area contributed by atoms with Gasteiger partial charge in [-0.2, -0.15) is 0 Å². The van der Waals surface area contributed by atoms with E-state index in [1.807, 2.05) is 0 Å². The smallest absolute Gasteiger partial charge is 0.355 e. The van der Waals surface area contributed by atoms with Crippen LogP contribution in [-0.2, 0) is 0 Å². The van der Waals surface area contributed by atoms with Crippen LogP contribution in [0.4, 0.5) is 0 Å². The number of fused-ring (bicyclic) bond motifs is 1. The van der Waals surface area contributed by atoms with E-state index in [9.17, 15) is 9.59 Å². The molecule has 0 saturated carbocycles. The molecule has 5 heteroatoms. The largest absolute Gasteiger partial charge is 0.478 e. The van der Waals surface area contributed by atoms with Gasteiger partial charge in [0.05, 0.1) is 5.56 Å². The van der Waals surface area contributed by atoms with E-state index >= 15 is 0 Å². The molecule has 0 unspecified atom stereocenters. The number of carboxylic acid groups (broad SMARTS) is 2. The van der Waals surface area contributed by atoms with E-state index in [2.05, 4.69) is 4.98 Å². The second kappa shape index (κ2) is 3.62. The fraction of sp³-hybridized carbons (Fsp3) is 0. The van der Waals surface area contributed by atoms with Crippen molar-refractivity contribution in [2.75, 3.05) is 0 Å². The molecule has 80 valence electrons. The minimum atomic E-state index is -1.17. The van der Waals surface area contributed by atoms with Gasteiger partial charge in [-0.25, -0.2) is 14.6 Å². The topological polar surface area (TPSA) is 87.5 Å². The number of aromatic carboxylic acids is 2. The number of nitrogens with zero attached hydrogens (tertiary/aromatic N) is 1. The molecule has 5 nitrogen and oxygen atoms in total. The number of carbonyl (C=O) groups is 2. The van der Waals surface area contributed by atoms with Crippen molar-refractivity contribution >= 4 is 22.7 Å². The predicted molar refractivity (Wildman–Crippen MR) is 55.7 cm³/mol. The Balaban J connectivity index is 2.78. The highest BCUT2D eigenvalue weighted by Gasteiger charge is 2.11. The molecule has 0 aliphatic heterocycles. The molecule has 0 aliphatic rings. The molecule has 1 aromatic carbocycles. The average Bonchev–Trinajstić information content (AvgIpc) is 2.27. The van der Waals surface area contributed by atoms with Crippen molar-refractivity contribution in [1.29, 1.82) is 0 Å². The molecule has 16 heavy (non-hydrogen) atoms. The van der Waals surface area contributed by atoms with Crippen LogP contribution >= 0.6 is 0 Å². The lowest BCUT2D eigenvalue weighted by Crippen LogP contribution is -2.02. The summed E-state index contributed by atoms with van der Waals surface area (Å²) in [5, 5.41) is 18.7. The van der Waals surface area contributed by atoms with Crippen LogP contribution in [0.1, 0.15) is 20.8 Å². The first-order chi connectivity index (χ1) is 7.59. The van der Waals surface area contributed by atoms with Crippen LogP contribution in [0.15, 0.2) is 30.5 Å². The van der Waals surface area contributed by atoms with Gasteiger partial charge in [0.25, 0.3) is 0 Å². The molecule has 0 aliphatic carbocycles. The molecule has 0 bridgehead atoms. The van der Waals surface area contributed by atoms with Crippen LogP contribution in [0.3, 0.4) is 0 Å². The summed E-state index contributed by atoms with van der Waals surface area (Å²) in [5.41, 5.74) is -0.0939. The second-order valence-electron chi connectivity index (χ2n) is 3.21. The maximum atomic E-state index is 10.9. The van der Waals surface area contributed by atoms with Crippen LogP contribution in [0, 0.1) is 0 Å². The monoisotopic (exact) mass is 217 g/mol. The van der Waals surface area contributed by atoms with Crippen molar-refractivity contribution in [3.63, 3.8) is 0 Å². The van der Waals surface area contributed by atoms with Crippen molar-refractivity contribution < 1.29 is 19.8 Å². The van der Waals surface area contributed by atoms with Gasteiger partial charge in [0, 0.05) is 11.6 Å². The first-order valence-corrected chi connectivity index (χ1v) is 4.45. The van der Waals surface area contributed by atoms with Gasteiger partial charge in [-0.05, 0) is 23.6 Å². The normalized spacial score (nSPS) is 10.2. The maximum absolute atomic E-state index is 10.9. The van der Waals surface area contributed by atoms with E-state index in [1.165, 1.54) is 18.3 Å². The molecule has 2 N–H and O–H groups in total. The Bertz CT molecular complexity index is 592. The summed E-state index contributed by atoms with van der Waals surface area (Å²) >= 11 is 0. The minimum Gasteiger partial charge on any atom is -0.478 e. The number of benzene rings is 1. The van der Waals surface area contributed by atoms with E-state index in [-0.39, 0.29) is 11.3 Å². The Labute approximate surface area is 90.0 Å². The molecule has 0 radical (unpaired) electrons. The quantitative estimate of drug-likeness (QED) is 0.798. The lowest BCUT2D eigenvalue weighted by atomic mass is 10.1. The van der Waals surface area contributed by atoms with E-state index in [0.717, 1.165) is 0 Å². The Hall–Kier alpha value is -2.43. The lowest BCUT2D eigenvalue weighted by molar-refractivity contribution is 0.0682. The number of aromatic nitrogens is 1. The Morgan fingerprint density at radius 2 is 1.81 bits per heavy atom. The SMILES string of the molecule is O=C(O)c1ccc2ccnc(C(=O)O)c2c1. The van der Waals surface area contributed by atoms with Gasteiger partial charge in [-0.15, -0.1) is 0 Å². The van der Waals surface area contributed by atoms with Gasteiger partial charge in [0.15, 0.2) is 5.69 Å². The Kier molecular flexibility index (Phi) is 2.28. The third kappa shape index (κ3) is 1.58. The Morgan fingerprint density at radius 1 is 1.06 bits per heavy atom. The summed E-state index contributed by atoms with van der Waals surface area (Å²) in [6.45, 7) is 0. The fourth-order valence-corrected chi connectivity index (χ4v) is 1.47. The first kappa shape index (κ1) is 10.1. The lowest BCUT2D eigenvalue weighted by Gasteiger charge is -2.02. The number of hydrogen-bond donors (Lipinski definition) is 2. The summed E-state index contributed by atoms with van der Waals surface area (Å²) in [5.74, 6) is -2.27. The summed E-state index contributed by atoms with van der Waals surface area (Å²) in [4.78, 5) is 25.4. The van der Waals surface area contributed by atoms with Crippen molar-refractivity contribution in [3.8, 4) is 0 Å². The molecule has 1 heterocycles. The number of pyridine rings is 1. The van der Waals surface area contributed by atoms with Crippen LogP contribution in [-0.4, -0.2) is 27.1 Å². The zero-order valence-corrected chi connectivity index (χ0v) is 8.04. The highest BCUT2D eigenvalue weighted by molar-refractivity contribution is 6.04. The van der Waals surface area contributed by atoms with Gasteiger partial charge in [0.2, 0.25) is 0 Å². The first-order valence-electron chi connectivity index (χ1n) is 4.45. The van der Waals surface area contributed by atoms with Crippen molar-refractivity contribution in [2.45, 2.75) is 0 Å². The zero-order chi connectivity index (χ0) is 11.7. The fourth-order valence-electron chi connectivity index (χ4n) is 1.47. The van der Waals surface area contributed by atoms with Gasteiger partial charge < -0.3 is 10.2 Å². The molecule has 0 atom stereocenters. The number of carboxylic acids is 2. The van der Waals surface area contributed by atoms with Crippen LogP contribution in [0.5, 0.6) is 0 Å². The molecule has 0 fully saturated rings. The third-order valence-electron chi connectivity index (χ3n) is 2.22. The predicted octanol–water partition coefficient (Wildman–Crippen LogP) is 1.63. The van der Waals surface area contributed by atoms with Gasteiger partial charge in [0.1, 0.15) is 0 Å².